The van der Waals surface area contributed by atoms with Gasteiger partial charge >= 0.3 is 11.9 Å². The summed E-state index contributed by atoms with van der Waals surface area (Å²) >= 11 is 15.4. The number of likely N-dealkylation sites (tertiary alicyclic amines) is 2. The predicted octanol–water partition coefficient (Wildman–Crippen LogP) is 4.64. The van der Waals surface area contributed by atoms with Crippen LogP contribution in [-0.2, 0) is 19.1 Å². The molecule has 0 radical (unpaired) electrons. The van der Waals surface area contributed by atoms with Crippen molar-refractivity contribution >= 4 is 84.7 Å². The van der Waals surface area contributed by atoms with Crippen molar-refractivity contribution in [1.82, 2.24) is 39.3 Å². The maximum atomic E-state index is 12.1. The lowest BCUT2D eigenvalue weighted by molar-refractivity contribution is -0.138. The highest BCUT2D eigenvalue weighted by Gasteiger charge is 2.43. The molecule has 2 atom stereocenters. The molecule has 2 amide bonds. The van der Waals surface area contributed by atoms with Crippen LogP contribution in [0.5, 0.6) is 0 Å². The van der Waals surface area contributed by atoms with Crippen LogP contribution in [0.15, 0.2) is 77.5 Å². The topological polar surface area (TPSA) is 195 Å². The highest BCUT2D eigenvalue weighted by Crippen LogP contribution is 2.28. The van der Waals surface area contributed by atoms with Crippen LogP contribution in [0.4, 0.5) is 0 Å². The fourth-order valence-corrected chi connectivity index (χ4v) is 7.01. The summed E-state index contributed by atoms with van der Waals surface area (Å²) in [7, 11) is 5.84. The Hall–Kier alpha value is -6.34. The molecule has 312 valence electrons. The second-order valence-corrected chi connectivity index (χ2v) is 15.3. The number of fused-ring (bicyclic) bond motifs is 2. The molecule has 19 heteroatoms. The summed E-state index contributed by atoms with van der Waals surface area (Å²) in [4.78, 5) is 58.0. The first-order valence-electron chi connectivity index (χ1n) is 18.1. The van der Waals surface area contributed by atoms with E-state index in [0.717, 1.165) is 10.2 Å². The maximum absolute atomic E-state index is 12.1. The van der Waals surface area contributed by atoms with Gasteiger partial charge in [0, 0.05) is 74.6 Å². The molecule has 2 N–H and O–H groups in total. The van der Waals surface area contributed by atoms with Gasteiger partial charge in [-0.15, -0.1) is 6.42 Å². The average Bonchev–Trinajstić information content (AvgIpc) is 3.98. The number of rotatable bonds is 4. The van der Waals surface area contributed by atoms with Crippen molar-refractivity contribution in [1.29, 1.82) is 0 Å². The number of carbonyl (C=O) groups is 4. The molecule has 2 fully saturated rings. The Morgan fingerprint density at radius 1 is 0.770 bits per heavy atom. The van der Waals surface area contributed by atoms with Crippen LogP contribution in [0.3, 0.4) is 0 Å². The first-order chi connectivity index (χ1) is 29.0. The SMILES string of the molecule is C#C[C@]1(O)CCN(C)C1=O.COC(=O)c1nn(-c2cccc(Br)c2)c2cc(Cl)ncc12.COC(=O)c1nn(-c2cccc(C#C[C@]3(O)CCN(C)C3=O)c2)c2cc(Cl)ncc12. The Labute approximate surface area is 367 Å². The third-order valence-corrected chi connectivity index (χ3v) is 10.5. The zero-order valence-corrected chi connectivity index (χ0v) is 36.0. The zero-order valence-electron chi connectivity index (χ0n) is 32.9. The van der Waals surface area contributed by atoms with Crippen LogP contribution < -0.4 is 0 Å². The molecule has 0 bridgehead atoms. The fourth-order valence-electron chi connectivity index (χ4n) is 6.32. The first-order valence-corrected chi connectivity index (χ1v) is 19.7. The Morgan fingerprint density at radius 3 is 1.67 bits per heavy atom. The van der Waals surface area contributed by atoms with Crippen molar-refractivity contribution < 1.29 is 38.9 Å². The number of nitrogens with zero attached hydrogens (tertiary/aromatic N) is 8. The summed E-state index contributed by atoms with van der Waals surface area (Å²) in [6.07, 6.45) is 8.56. The molecule has 4 aromatic heterocycles. The standard InChI is InChI=1S/C21H17ClN4O4.C14H9BrClN3O2.C7H9NO2/c1-25-9-8-21(29,20(25)28)7-6-13-4-3-5-14(10-13)26-16-11-17(22)23-12-15(16)18(24-26)19(27)30-2;1-21-14(20)13-10-7-17-12(16)6-11(10)19(18-13)9-4-2-3-8(15)5-9;1-3-7(10)4-5-8(2)6(7)9/h3-5,10-12,29H,8-9H2,1-2H3;2-7H,1H3;1,10H,4-5H2,2H3/t21-;;7-/m0.0/s1. The van der Waals surface area contributed by atoms with Gasteiger partial charge in [0.1, 0.15) is 10.3 Å². The first kappa shape index (κ1) is 44.2. The molecule has 0 spiro atoms. The van der Waals surface area contributed by atoms with Gasteiger partial charge in [-0.25, -0.2) is 28.9 Å². The average molecular weight is 931 g/mol. The van der Waals surface area contributed by atoms with Crippen molar-refractivity contribution in [3.63, 3.8) is 0 Å². The Balaban J connectivity index is 0.000000173. The molecular weight excluding hydrogens is 895 g/mol. The van der Waals surface area contributed by atoms with Gasteiger partial charge in [0.15, 0.2) is 11.4 Å². The van der Waals surface area contributed by atoms with E-state index in [4.69, 9.17) is 39.1 Å². The number of aliphatic hydroxyl groups is 2. The van der Waals surface area contributed by atoms with Gasteiger partial charge in [-0.3, -0.25) is 9.59 Å². The highest BCUT2D eigenvalue weighted by atomic mass is 79.9. The van der Waals surface area contributed by atoms with E-state index in [1.54, 1.807) is 59.9 Å². The number of benzene rings is 2. The Morgan fingerprint density at radius 2 is 1.25 bits per heavy atom. The monoisotopic (exact) mass is 928 g/mol. The summed E-state index contributed by atoms with van der Waals surface area (Å²) in [6.45, 7) is 0.994. The highest BCUT2D eigenvalue weighted by molar-refractivity contribution is 9.10. The second-order valence-electron chi connectivity index (χ2n) is 13.7. The molecule has 2 saturated heterocycles. The van der Waals surface area contributed by atoms with E-state index in [1.165, 1.54) is 36.4 Å². The molecule has 2 aliphatic heterocycles. The van der Waals surface area contributed by atoms with Gasteiger partial charge in [-0.1, -0.05) is 69.0 Å². The number of aromatic nitrogens is 6. The van der Waals surface area contributed by atoms with Crippen LogP contribution in [0, 0.1) is 24.2 Å². The fraction of sp³-hybridized carbons (Fsp3) is 0.238. The van der Waals surface area contributed by atoms with E-state index in [1.807, 2.05) is 24.3 Å². The van der Waals surface area contributed by atoms with Crippen LogP contribution in [0.25, 0.3) is 33.2 Å². The minimum absolute atomic E-state index is 0.113. The quantitative estimate of drug-likeness (QED) is 0.142. The number of pyridine rings is 2. The van der Waals surface area contributed by atoms with Crippen molar-refractivity contribution in [2.24, 2.45) is 0 Å². The van der Waals surface area contributed by atoms with Crippen LogP contribution in [0.2, 0.25) is 10.3 Å². The number of terminal acetylenes is 1. The lowest BCUT2D eigenvalue weighted by Crippen LogP contribution is -2.37. The number of esters is 2. The van der Waals surface area contributed by atoms with Gasteiger partial charge in [-0.05, 0) is 36.4 Å². The molecule has 0 saturated carbocycles. The number of hydrogen-bond donors (Lipinski definition) is 2. The summed E-state index contributed by atoms with van der Waals surface area (Å²) in [5.41, 5.74) is 0.373. The van der Waals surface area contributed by atoms with Gasteiger partial charge in [-0.2, -0.15) is 10.2 Å². The molecule has 2 aromatic carbocycles. The molecule has 2 aliphatic rings. The summed E-state index contributed by atoms with van der Waals surface area (Å²) in [6, 6.07) is 17.9. The van der Waals surface area contributed by atoms with E-state index >= 15 is 0 Å². The van der Waals surface area contributed by atoms with Gasteiger partial charge in [0.05, 0.1) is 47.4 Å². The Bertz CT molecular complexity index is 2830. The minimum Gasteiger partial charge on any atom is -0.464 e. The number of likely N-dealkylation sites (N-methyl/N-ethyl adjacent to an activating group) is 2. The van der Waals surface area contributed by atoms with Gasteiger partial charge in [0.25, 0.3) is 11.8 Å². The largest absolute Gasteiger partial charge is 0.464 e. The van der Waals surface area contributed by atoms with E-state index in [-0.39, 0.29) is 28.9 Å². The summed E-state index contributed by atoms with van der Waals surface area (Å²) in [5.74, 6) is 5.76. The van der Waals surface area contributed by atoms with Crippen LogP contribution >= 0.6 is 39.1 Å². The third kappa shape index (κ3) is 9.22. The number of methoxy groups -OCH3 is 2. The van der Waals surface area contributed by atoms with Crippen LogP contribution in [-0.4, -0.2) is 126 Å². The van der Waals surface area contributed by atoms with Crippen molar-refractivity contribution in [2.45, 2.75) is 24.0 Å². The van der Waals surface area contributed by atoms with Crippen LogP contribution in [0.1, 0.15) is 39.4 Å². The van der Waals surface area contributed by atoms with E-state index in [9.17, 15) is 29.4 Å². The third-order valence-electron chi connectivity index (χ3n) is 9.64. The molecule has 16 nitrogen and oxygen atoms in total. The number of ether oxygens (including phenoxy) is 2. The molecule has 8 rings (SSSR count). The Kier molecular flexibility index (Phi) is 13.1. The lowest BCUT2D eigenvalue weighted by atomic mass is 10.0. The zero-order chi connectivity index (χ0) is 44.2. The lowest BCUT2D eigenvalue weighted by Gasteiger charge is -2.13. The number of hydrogen-bond acceptors (Lipinski definition) is 12. The summed E-state index contributed by atoms with van der Waals surface area (Å²) in [5, 5.41) is 30.2. The number of amides is 2. The van der Waals surface area contributed by atoms with E-state index in [0.29, 0.717) is 57.7 Å². The minimum atomic E-state index is -1.68. The smallest absolute Gasteiger partial charge is 0.359 e. The van der Waals surface area contributed by atoms with Crippen molar-refractivity contribution in [3.8, 4) is 35.6 Å². The molecule has 0 unspecified atom stereocenters. The molecule has 6 aromatic rings. The van der Waals surface area contributed by atoms with Gasteiger partial charge < -0.3 is 29.5 Å². The second kappa shape index (κ2) is 18.1. The van der Waals surface area contributed by atoms with Crippen molar-refractivity contribution in [2.75, 3.05) is 41.4 Å². The molecule has 0 aliphatic carbocycles. The maximum Gasteiger partial charge on any atom is 0.359 e. The van der Waals surface area contributed by atoms with E-state index in [2.05, 4.69) is 53.9 Å². The predicted molar refractivity (Wildman–Crippen MR) is 228 cm³/mol. The molecule has 61 heavy (non-hydrogen) atoms. The normalized spacial score (nSPS) is 18.1. The van der Waals surface area contributed by atoms with Gasteiger partial charge in [0.2, 0.25) is 11.2 Å². The van der Waals surface area contributed by atoms with E-state index < -0.39 is 29.0 Å². The van der Waals surface area contributed by atoms with Crippen molar-refractivity contribution in [3.05, 3.63) is 105 Å². The molecule has 6 heterocycles. The summed E-state index contributed by atoms with van der Waals surface area (Å²) < 4.78 is 13.7. The number of halogens is 3. The molecular formula is C42H35BrCl2N8O8. The number of carbonyl (C=O) groups excluding carboxylic acids is 4.